The van der Waals surface area contributed by atoms with Gasteiger partial charge in [-0.05, 0) is 65.4 Å². The number of benzene rings is 1. The fraction of sp³-hybridized carbons (Fsp3) is 0.611. The number of rotatable bonds is 5. The molecule has 1 fully saturated rings. The second-order valence-electron chi connectivity index (χ2n) is 6.44. The summed E-state index contributed by atoms with van der Waals surface area (Å²) in [5.74, 6) is 0.181. The number of hydrogen-bond acceptors (Lipinski definition) is 3. The SMILES string of the molecule is CC(C)N(C(=O)CN(C)C1CCCNCC1)c1ccccc1.Cl. The molecule has 130 valence electrons. The molecular weight excluding hydrogens is 310 g/mol. The van der Waals surface area contributed by atoms with E-state index in [2.05, 4.69) is 31.1 Å². The zero-order valence-electron chi connectivity index (χ0n) is 14.5. The molecule has 1 unspecified atom stereocenters. The van der Waals surface area contributed by atoms with Crippen molar-refractivity contribution < 1.29 is 4.79 Å². The smallest absolute Gasteiger partial charge is 0.241 e. The zero-order valence-corrected chi connectivity index (χ0v) is 15.3. The van der Waals surface area contributed by atoms with Gasteiger partial charge in [0.2, 0.25) is 5.91 Å². The number of carbonyl (C=O) groups is 1. The summed E-state index contributed by atoms with van der Waals surface area (Å²) in [6, 6.07) is 10.6. The first-order valence-corrected chi connectivity index (χ1v) is 8.37. The Balaban J connectivity index is 0.00000264. The van der Waals surface area contributed by atoms with Crippen molar-refractivity contribution in [3.05, 3.63) is 30.3 Å². The summed E-state index contributed by atoms with van der Waals surface area (Å²) in [6.07, 6.45) is 3.48. The largest absolute Gasteiger partial charge is 0.317 e. The fourth-order valence-corrected chi connectivity index (χ4v) is 3.18. The lowest BCUT2D eigenvalue weighted by Crippen LogP contribution is -2.45. The highest BCUT2D eigenvalue weighted by Gasteiger charge is 2.24. The summed E-state index contributed by atoms with van der Waals surface area (Å²) < 4.78 is 0. The normalized spacial score (nSPS) is 18.4. The lowest BCUT2D eigenvalue weighted by atomic mass is 10.1. The molecule has 0 saturated carbocycles. The lowest BCUT2D eigenvalue weighted by molar-refractivity contribution is -0.120. The molecule has 1 aromatic carbocycles. The maximum absolute atomic E-state index is 12.8. The average molecular weight is 340 g/mol. The highest BCUT2D eigenvalue weighted by atomic mass is 35.5. The molecule has 1 saturated heterocycles. The minimum atomic E-state index is 0. The summed E-state index contributed by atoms with van der Waals surface area (Å²) in [4.78, 5) is 16.9. The van der Waals surface area contributed by atoms with Gasteiger partial charge in [0.15, 0.2) is 0 Å². The summed E-state index contributed by atoms with van der Waals surface area (Å²) in [5.41, 5.74) is 0.985. The van der Waals surface area contributed by atoms with Crippen LogP contribution in [0.15, 0.2) is 30.3 Å². The molecule has 1 aliphatic heterocycles. The Morgan fingerprint density at radius 1 is 1.22 bits per heavy atom. The molecule has 4 nitrogen and oxygen atoms in total. The van der Waals surface area contributed by atoms with E-state index in [1.54, 1.807) is 0 Å². The maximum Gasteiger partial charge on any atom is 0.241 e. The Morgan fingerprint density at radius 3 is 2.57 bits per heavy atom. The number of anilines is 1. The van der Waals surface area contributed by atoms with Crippen molar-refractivity contribution in [3.63, 3.8) is 0 Å². The van der Waals surface area contributed by atoms with E-state index in [1.165, 1.54) is 12.8 Å². The van der Waals surface area contributed by atoms with Crippen molar-refractivity contribution in [1.29, 1.82) is 0 Å². The van der Waals surface area contributed by atoms with Crippen LogP contribution in [-0.2, 0) is 4.79 Å². The van der Waals surface area contributed by atoms with Gasteiger partial charge in [-0.15, -0.1) is 12.4 Å². The molecule has 5 heteroatoms. The zero-order chi connectivity index (χ0) is 15.9. The van der Waals surface area contributed by atoms with Crippen molar-refractivity contribution >= 4 is 24.0 Å². The number of carbonyl (C=O) groups excluding carboxylic acids is 1. The molecule has 0 aliphatic carbocycles. The van der Waals surface area contributed by atoms with Crippen LogP contribution < -0.4 is 10.2 Å². The molecule has 1 heterocycles. The number of nitrogens with one attached hydrogen (secondary N) is 1. The van der Waals surface area contributed by atoms with E-state index >= 15 is 0 Å². The fourth-order valence-electron chi connectivity index (χ4n) is 3.18. The highest BCUT2D eigenvalue weighted by Crippen LogP contribution is 2.18. The first-order chi connectivity index (χ1) is 10.6. The topological polar surface area (TPSA) is 35.6 Å². The van der Waals surface area contributed by atoms with Crippen LogP contribution in [0.5, 0.6) is 0 Å². The van der Waals surface area contributed by atoms with Gasteiger partial charge in [-0.25, -0.2) is 0 Å². The Kier molecular flexibility index (Phi) is 8.59. The lowest BCUT2D eigenvalue weighted by Gasteiger charge is -2.32. The van der Waals surface area contributed by atoms with Gasteiger partial charge in [0.25, 0.3) is 0 Å². The number of amides is 1. The summed E-state index contributed by atoms with van der Waals surface area (Å²) in [7, 11) is 2.08. The van der Waals surface area contributed by atoms with Crippen LogP contribution in [0.1, 0.15) is 33.1 Å². The third-order valence-corrected chi connectivity index (χ3v) is 4.37. The standard InChI is InChI=1S/C18H29N3O.ClH/c1-15(2)21(17-8-5-4-6-9-17)18(22)14-20(3)16-10-7-12-19-13-11-16;/h4-6,8-9,15-16,19H,7,10-14H2,1-3H3;1H. The van der Waals surface area contributed by atoms with Crippen molar-refractivity contribution in [2.45, 2.75) is 45.2 Å². The van der Waals surface area contributed by atoms with Crippen molar-refractivity contribution in [1.82, 2.24) is 10.2 Å². The van der Waals surface area contributed by atoms with Gasteiger partial charge < -0.3 is 10.2 Å². The Labute approximate surface area is 146 Å². The summed E-state index contributed by atoms with van der Waals surface area (Å²) >= 11 is 0. The number of likely N-dealkylation sites (N-methyl/N-ethyl adjacent to an activating group) is 1. The molecule has 1 amide bonds. The molecular formula is C18H30ClN3O. The van der Waals surface area contributed by atoms with E-state index in [-0.39, 0.29) is 24.4 Å². The van der Waals surface area contributed by atoms with Gasteiger partial charge in [-0.3, -0.25) is 9.69 Å². The van der Waals surface area contributed by atoms with Crippen LogP contribution in [0.2, 0.25) is 0 Å². The minimum absolute atomic E-state index is 0. The van der Waals surface area contributed by atoms with Gasteiger partial charge >= 0.3 is 0 Å². The van der Waals surface area contributed by atoms with E-state index in [1.807, 2.05) is 35.2 Å². The summed E-state index contributed by atoms with van der Waals surface area (Å²) in [5, 5.41) is 3.43. The molecule has 1 aliphatic rings. The van der Waals surface area contributed by atoms with Gasteiger partial charge in [0, 0.05) is 17.8 Å². The van der Waals surface area contributed by atoms with Crippen molar-refractivity contribution in [2.75, 3.05) is 31.6 Å². The van der Waals surface area contributed by atoms with Crippen molar-refractivity contribution in [3.8, 4) is 0 Å². The van der Waals surface area contributed by atoms with Gasteiger partial charge in [-0.2, -0.15) is 0 Å². The molecule has 1 atom stereocenters. The van der Waals surface area contributed by atoms with Crippen LogP contribution in [0.25, 0.3) is 0 Å². The number of nitrogens with zero attached hydrogens (tertiary/aromatic N) is 2. The van der Waals surface area contributed by atoms with Crippen LogP contribution in [-0.4, -0.2) is 49.6 Å². The molecule has 1 N–H and O–H groups in total. The second-order valence-corrected chi connectivity index (χ2v) is 6.44. The molecule has 1 aromatic rings. The quantitative estimate of drug-likeness (QED) is 0.896. The molecule has 0 bridgehead atoms. The van der Waals surface area contributed by atoms with Gasteiger partial charge in [-0.1, -0.05) is 18.2 Å². The number of halogens is 1. The molecule has 2 rings (SSSR count). The molecule has 0 radical (unpaired) electrons. The van der Waals surface area contributed by atoms with E-state index in [0.29, 0.717) is 12.6 Å². The van der Waals surface area contributed by atoms with Gasteiger partial charge in [0.05, 0.1) is 6.54 Å². The maximum atomic E-state index is 12.8. The molecule has 0 spiro atoms. The third-order valence-electron chi connectivity index (χ3n) is 4.37. The van der Waals surface area contributed by atoms with Crippen LogP contribution in [0, 0.1) is 0 Å². The first-order valence-electron chi connectivity index (χ1n) is 8.37. The van der Waals surface area contributed by atoms with E-state index < -0.39 is 0 Å². The highest BCUT2D eigenvalue weighted by molar-refractivity contribution is 5.95. The minimum Gasteiger partial charge on any atom is -0.317 e. The monoisotopic (exact) mass is 339 g/mol. The van der Waals surface area contributed by atoms with E-state index in [9.17, 15) is 4.79 Å². The van der Waals surface area contributed by atoms with Crippen LogP contribution >= 0.6 is 12.4 Å². The predicted molar refractivity (Wildman–Crippen MR) is 99.5 cm³/mol. The van der Waals surface area contributed by atoms with Crippen LogP contribution in [0.4, 0.5) is 5.69 Å². The van der Waals surface area contributed by atoms with E-state index in [4.69, 9.17) is 0 Å². The van der Waals surface area contributed by atoms with E-state index in [0.717, 1.165) is 25.2 Å². The predicted octanol–water partition coefficient (Wildman–Crippen LogP) is 2.92. The van der Waals surface area contributed by atoms with Gasteiger partial charge in [0.1, 0.15) is 0 Å². The Morgan fingerprint density at radius 2 is 1.91 bits per heavy atom. The number of hydrogen-bond donors (Lipinski definition) is 1. The Hall–Kier alpha value is -1.10. The molecule has 0 aromatic heterocycles. The first kappa shape index (κ1) is 19.9. The second kappa shape index (κ2) is 9.91. The third kappa shape index (κ3) is 5.79. The Bertz CT molecular complexity index is 459. The van der Waals surface area contributed by atoms with Crippen molar-refractivity contribution in [2.24, 2.45) is 0 Å². The average Bonchev–Trinajstić information content (AvgIpc) is 2.77. The number of para-hydroxylation sites is 1. The van der Waals surface area contributed by atoms with Crippen LogP contribution in [0.3, 0.4) is 0 Å². The molecule has 23 heavy (non-hydrogen) atoms. The summed E-state index contributed by atoms with van der Waals surface area (Å²) in [6.45, 7) is 6.77.